The molecule has 38 heavy (non-hydrogen) atoms. The number of carbonyl (C=O) groups excluding carboxylic acids is 4. The van der Waals surface area contributed by atoms with Gasteiger partial charge in [-0.1, -0.05) is 33.4 Å². The lowest BCUT2D eigenvalue weighted by Gasteiger charge is -2.22. The summed E-state index contributed by atoms with van der Waals surface area (Å²) < 4.78 is 20.3. The van der Waals surface area contributed by atoms with Crippen LogP contribution in [0.5, 0.6) is 0 Å². The first kappa shape index (κ1) is 33.0. The molecular weight excluding hydrogens is 492 g/mol. The Hall–Kier alpha value is -3.04. The van der Waals surface area contributed by atoms with Crippen LogP contribution in [0.15, 0.2) is 24.3 Å². The van der Waals surface area contributed by atoms with Crippen LogP contribution < -0.4 is 10.6 Å². The summed E-state index contributed by atoms with van der Waals surface area (Å²) in [5.74, 6) is 1.33. The minimum Gasteiger partial charge on any atom is -0.458 e. The predicted octanol–water partition coefficient (Wildman–Crippen LogP) is 4.68. The highest BCUT2D eigenvalue weighted by Crippen LogP contribution is 2.47. The van der Waals surface area contributed by atoms with E-state index in [1.54, 1.807) is 20.8 Å². The molecular formula is C28H46N2O8. The predicted molar refractivity (Wildman–Crippen MR) is 143 cm³/mol. The van der Waals surface area contributed by atoms with Gasteiger partial charge >= 0.3 is 24.1 Å². The van der Waals surface area contributed by atoms with Crippen molar-refractivity contribution >= 4 is 24.1 Å². The van der Waals surface area contributed by atoms with Crippen LogP contribution >= 0.6 is 0 Å². The molecule has 0 aromatic rings. The summed E-state index contributed by atoms with van der Waals surface area (Å²) in [6.07, 6.45) is 4.66. The van der Waals surface area contributed by atoms with Crippen molar-refractivity contribution in [2.24, 2.45) is 17.8 Å². The topological polar surface area (TPSA) is 129 Å². The third-order valence-electron chi connectivity index (χ3n) is 6.67. The van der Waals surface area contributed by atoms with E-state index in [1.165, 1.54) is 25.7 Å². The molecule has 2 aliphatic rings. The van der Waals surface area contributed by atoms with Gasteiger partial charge in [-0.2, -0.15) is 0 Å². The Balaban J connectivity index is 0.000000403. The Kier molecular flexibility index (Phi) is 15.2. The van der Waals surface area contributed by atoms with Gasteiger partial charge in [-0.3, -0.25) is 0 Å². The number of alkyl carbamates (subject to hydrolysis) is 2. The van der Waals surface area contributed by atoms with E-state index in [2.05, 4.69) is 23.8 Å². The van der Waals surface area contributed by atoms with Gasteiger partial charge in [-0.25, -0.2) is 19.2 Å². The van der Waals surface area contributed by atoms with E-state index in [4.69, 9.17) is 18.9 Å². The van der Waals surface area contributed by atoms with Crippen LogP contribution in [0, 0.1) is 17.8 Å². The van der Waals surface area contributed by atoms with Gasteiger partial charge in [0, 0.05) is 24.2 Å². The van der Waals surface area contributed by atoms with Gasteiger partial charge in [-0.15, -0.1) is 0 Å². The highest BCUT2D eigenvalue weighted by atomic mass is 16.6. The third-order valence-corrected chi connectivity index (χ3v) is 6.67. The summed E-state index contributed by atoms with van der Waals surface area (Å²) in [6.45, 7) is 17.0. The van der Waals surface area contributed by atoms with Crippen molar-refractivity contribution in [1.29, 1.82) is 0 Å². The van der Waals surface area contributed by atoms with Crippen molar-refractivity contribution in [1.82, 2.24) is 10.6 Å². The Morgan fingerprint density at radius 3 is 1.66 bits per heavy atom. The Morgan fingerprint density at radius 1 is 0.789 bits per heavy atom. The van der Waals surface area contributed by atoms with Gasteiger partial charge in [0.05, 0.1) is 0 Å². The Morgan fingerprint density at radius 2 is 1.29 bits per heavy atom. The number of ether oxygens (including phenoxy) is 4. The monoisotopic (exact) mass is 538 g/mol. The number of esters is 2. The van der Waals surface area contributed by atoms with E-state index in [1.807, 2.05) is 13.8 Å². The van der Waals surface area contributed by atoms with E-state index >= 15 is 0 Å². The maximum atomic E-state index is 11.9. The summed E-state index contributed by atoms with van der Waals surface area (Å²) in [5.41, 5.74) is 0.670. The lowest BCUT2D eigenvalue weighted by molar-refractivity contribution is -0.142. The summed E-state index contributed by atoms with van der Waals surface area (Å²) in [7, 11) is 0. The van der Waals surface area contributed by atoms with Gasteiger partial charge in [0.15, 0.2) is 0 Å². The van der Waals surface area contributed by atoms with Gasteiger partial charge in [0.2, 0.25) is 0 Å². The summed E-state index contributed by atoms with van der Waals surface area (Å²) in [5, 5.41) is 5.37. The molecule has 10 nitrogen and oxygen atoms in total. The molecule has 5 atom stereocenters. The molecule has 2 saturated carbocycles. The minimum atomic E-state index is -0.499. The van der Waals surface area contributed by atoms with Crippen molar-refractivity contribution in [3.63, 3.8) is 0 Å². The van der Waals surface area contributed by atoms with Crippen molar-refractivity contribution in [3.8, 4) is 0 Å². The van der Waals surface area contributed by atoms with Crippen molar-refractivity contribution in [2.45, 2.75) is 85.4 Å². The number of fused-ring (bicyclic) bond motifs is 2. The fourth-order valence-electron chi connectivity index (χ4n) is 4.43. The van der Waals surface area contributed by atoms with Crippen molar-refractivity contribution < 1.29 is 38.1 Å². The number of rotatable bonds is 13. The SMILES string of the molecule is C=C(C)C(=O)OCC(CC)OC(=O)NCC.C=C(C)C(=O)OCC(CC)OC(=O)NCC1CC2CCC1C2. The molecule has 10 heteroatoms. The molecule has 2 rings (SSSR count). The highest BCUT2D eigenvalue weighted by molar-refractivity contribution is 5.87. The lowest BCUT2D eigenvalue weighted by atomic mass is 9.89. The van der Waals surface area contributed by atoms with E-state index < -0.39 is 36.3 Å². The van der Waals surface area contributed by atoms with E-state index in [9.17, 15) is 19.2 Å². The average Bonchev–Trinajstić information content (AvgIpc) is 3.51. The van der Waals surface area contributed by atoms with Crippen LogP contribution in [0.3, 0.4) is 0 Å². The molecule has 0 heterocycles. The fourth-order valence-corrected chi connectivity index (χ4v) is 4.43. The van der Waals surface area contributed by atoms with Crippen molar-refractivity contribution in [3.05, 3.63) is 24.3 Å². The zero-order valence-electron chi connectivity index (χ0n) is 23.6. The first-order valence-electron chi connectivity index (χ1n) is 13.5. The summed E-state index contributed by atoms with van der Waals surface area (Å²) in [4.78, 5) is 45.4. The number of carbonyl (C=O) groups is 4. The molecule has 0 aliphatic heterocycles. The summed E-state index contributed by atoms with van der Waals surface area (Å²) in [6, 6.07) is 0. The second-order valence-corrected chi connectivity index (χ2v) is 9.97. The van der Waals surface area contributed by atoms with Gasteiger partial charge in [0.25, 0.3) is 0 Å². The van der Waals surface area contributed by atoms with Crippen LogP contribution in [0.4, 0.5) is 9.59 Å². The Labute approximate surface area is 226 Å². The van der Waals surface area contributed by atoms with Crippen LogP contribution in [0.1, 0.15) is 73.1 Å². The number of nitrogens with one attached hydrogen (secondary N) is 2. The molecule has 2 bridgehead atoms. The normalized spacial score (nSPS) is 20.6. The van der Waals surface area contributed by atoms with Crippen LogP contribution in [0.2, 0.25) is 0 Å². The second kappa shape index (κ2) is 17.5. The molecule has 2 N–H and O–H groups in total. The molecule has 2 aliphatic carbocycles. The third kappa shape index (κ3) is 12.5. The quantitative estimate of drug-likeness (QED) is 0.196. The molecule has 216 valence electrons. The maximum Gasteiger partial charge on any atom is 0.407 e. The Bertz CT molecular complexity index is 828. The molecule has 0 saturated heterocycles. The molecule has 2 fully saturated rings. The van der Waals surface area contributed by atoms with Crippen LogP contribution in [0.25, 0.3) is 0 Å². The smallest absolute Gasteiger partial charge is 0.407 e. The lowest BCUT2D eigenvalue weighted by Crippen LogP contribution is -2.35. The molecule has 0 aromatic carbocycles. The zero-order valence-corrected chi connectivity index (χ0v) is 23.6. The van der Waals surface area contributed by atoms with Crippen molar-refractivity contribution in [2.75, 3.05) is 26.3 Å². The zero-order chi connectivity index (χ0) is 28.7. The molecule has 2 amide bonds. The van der Waals surface area contributed by atoms with Gasteiger partial charge in [0.1, 0.15) is 25.4 Å². The van der Waals surface area contributed by atoms with E-state index in [0.717, 1.165) is 11.8 Å². The van der Waals surface area contributed by atoms with Gasteiger partial charge < -0.3 is 29.6 Å². The number of hydrogen-bond acceptors (Lipinski definition) is 8. The first-order chi connectivity index (χ1) is 18.0. The van der Waals surface area contributed by atoms with Gasteiger partial charge in [-0.05, 0) is 70.6 Å². The number of amides is 2. The fraction of sp³-hybridized carbons (Fsp3) is 0.714. The van der Waals surface area contributed by atoms with E-state index in [-0.39, 0.29) is 13.2 Å². The first-order valence-corrected chi connectivity index (χ1v) is 13.5. The molecule has 5 unspecified atom stereocenters. The summed E-state index contributed by atoms with van der Waals surface area (Å²) >= 11 is 0. The largest absolute Gasteiger partial charge is 0.458 e. The second-order valence-electron chi connectivity index (χ2n) is 9.97. The van der Waals surface area contributed by atoms with Crippen LogP contribution in [-0.4, -0.2) is 62.6 Å². The molecule has 0 spiro atoms. The van der Waals surface area contributed by atoms with E-state index in [0.29, 0.717) is 43.0 Å². The standard InChI is InChI=1S/C17H27NO4.C11H19NO4/c1-4-15(10-21-16(19)11(2)3)22-17(20)18-9-14-8-12-5-6-13(14)7-12;1-5-9(16-11(14)12-6-2)7-15-10(13)8(3)4/h12-15H,2,4-10H2,1,3H3,(H,18,20);9H,3,5-7H2,1-2,4H3,(H,12,14). The molecule has 0 aromatic heterocycles. The maximum absolute atomic E-state index is 11.9. The minimum absolute atomic E-state index is 0.0549. The number of hydrogen-bond donors (Lipinski definition) is 2. The van der Waals surface area contributed by atoms with Crippen LogP contribution in [-0.2, 0) is 28.5 Å². The molecule has 0 radical (unpaired) electrons. The average molecular weight is 539 g/mol. The highest BCUT2D eigenvalue weighted by Gasteiger charge is 2.39.